The molecule has 1 aromatic rings. The van der Waals surface area contributed by atoms with E-state index >= 15 is 0 Å². The first kappa shape index (κ1) is 10.2. The van der Waals surface area contributed by atoms with Crippen LogP contribution in [-0.2, 0) is 6.54 Å². The Morgan fingerprint density at radius 1 is 1.69 bits per heavy atom. The smallest absolute Gasteiger partial charge is 0.320 e. The van der Waals surface area contributed by atoms with E-state index in [2.05, 4.69) is 26.6 Å². The van der Waals surface area contributed by atoms with E-state index in [0.717, 1.165) is 15.0 Å². The Kier molecular flexibility index (Phi) is 3.91. The van der Waals surface area contributed by atoms with E-state index < -0.39 is 0 Å². The number of hydrogen-bond donors (Lipinski definition) is 3. The molecule has 2 amide bonds. The van der Waals surface area contributed by atoms with Gasteiger partial charge in [0.15, 0.2) is 0 Å². The summed E-state index contributed by atoms with van der Waals surface area (Å²) in [6.45, 7) is 0.482. The number of halogens is 1. The van der Waals surface area contributed by atoms with Crippen molar-refractivity contribution in [2.75, 3.05) is 0 Å². The lowest BCUT2D eigenvalue weighted by Crippen LogP contribution is -2.33. The zero-order valence-corrected chi connectivity index (χ0v) is 9.04. The SMILES string of the molecule is N=CNC(=O)NCc1ccc(Br)s1. The van der Waals surface area contributed by atoms with Gasteiger partial charge < -0.3 is 5.32 Å². The molecule has 0 bridgehead atoms. The second-order valence-electron chi connectivity index (χ2n) is 2.18. The second kappa shape index (κ2) is 4.98. The summed E-state index contributed by atoms with van der Waals surface area (Å²) in [7, 11) is 0. The van der Waals surface area contributed by atoms with E-state index in [4.69, 9.17) is 5.41 Å². The van der Waals surface area contributed by atoms with Crippen molar-refractivity contribution >= 4 is 39.6 Å². The van der Waals surface area contributed by atoms with E-state index in [1.807, 2.05) is 12.1 Å². The summed E-state index contributed by atoms with van der Waals surface area (Å²) in [5.74, 6) is 0. The molecule has 0 saturated heterocycles. The molecular formula is C7H8BrN3OS. The number of carbonyl (C=O) groups excluding carboxylic acids is 1. The maximum Gasteiger partial charge on any atom is 0.320 e. The molecular weight excluding hydrogens is 254 g/mol. The van der Waals surface area contributed by atoms with Crippen LogP contribution in [0.3, 0.4) is 0 Å². The van der Waals surface area contributed by atoms with E-state index in [1.165, 1.54) is 0 Å². The maximum absolute atomic E-state index is 10.8. The predicted molar refractivity (Wildman–Crippen MR) is 56.2 cm³/mol. The fourth-order valence-corrected chi connectivity index (χ4v) is 2.15. The number of nitrogens with one attached hydrogen (secondary N) is 3. The number of carbonyl (C=O) groups is 1. The molecule has 0 unspecified atom stereocenters. The maximum atomic E-state index is 10.8. The Balaban J connectivity index is 2.34. The molecule has 3 N–H and O–H groups in total. The number of rotatable bonds is 3. The van der Waals surface area contributed by atoms with E-state index in [-0.39, 0.29) is 6.03 Å². The first-order valence-corrected chi connectivity index (χ1v) is 5.11. The number of amides is 2. The molecule has 0 fully saturated rings. The largest absolute Gasteiger partial charge is 0.333 e. The third kappa shape index (κ3) is 3.56. The Hall–Kier alpha value is -0.880. The van der Waals surface area contributed by atoms with Crippen LogP contribution in [0.4, 0.5) is 4.79 Å². The van der Waals surface area contributed by atoms with Gasteiger partial charge in [0.05, 0.1) is 16.7 Å². The fraction of sp³-hybridized carbons (Fsp3) is 0.143. The van der Waals surface area contributed by atoms with Crippen molar-refractivity contribution in [3.63, 3.8) is 0 Å². The van der Waals surface area contributed by atoms with Crippen LogP contribution in [0.25, 0.3) is 0 Å². The van der Waals surface area contributed by atoms with Crippen LogP contribution >= 0.6 is 27.3 Å². The Labute approximate surface area is 88.0 Å². The lowest BCUT2D eigenvalue weighted by atomic mass is 10.5. The van der Waals surface area contributed by atoms with Gasteiger partial charge in [-0.3, -0.25) is 10.7 Å². The Morgan fingerprint density at radius 2 is 2.46 bits per heavy atom. The van der Waals surface area contributed by atoms with Gasteiger partial charge in [-0.05, 0) is 28.1 Å². The summed E-state index contributed by atoms with van der Waals surface area (Å²) < 4.78 is 1.04. The van der Waals surface area contributed by atoms with Crippen molar-refractivity contribution < 1.29 is 4.79 Å². The van der Waals surface area contributed by atoms with E-state index in [0.29, 0.717) is 6.54 Å². The van der Waals surface area contributed by atoms with Crippen molar-refractivity contribution in [1.82, 2.24) is 10.6 Å². The van der Waals surface area contributed by atoms with Crippen molar-refractivity contribution in [2.45, 2.75) is 6.54 Å². The summed E-state index contributed by atoms with van der Waals surface area (Å²) in [6, 6.07) is 3.50. The first-order valence-electron chi connectivity index (χ1n) is 3.50. The summed E-state index contributed by atoms with van der Waals surface area (Å²) in [4.78, 5) is 11.9. The van der Waals surface area contributed by atoms with Crippen molar-refractivity contribution in [2.24, 2.45) is 0 Å². The lowest BCUT2D eigenvalue weighted by molar-refractivity contribution is 0.245. The van der Waals surface area contributed by atoms with Crippen LogP contribution in [0.1, 0.15) is 4.88 Å². The van der Waals surface area contributed by atoms with Gasteiger partial charge in [0.1, 0.15) is 0 Å². The average molecular weight is 262 g/mol. The number of urea groups is 1. The lowest BCUT2D eigenvalue weighted by Gasteiger charge is -2.00. The fourth-order valence-electron chi connectivity index (χ4n) is 0.731. The van der Waals surface area contributed by atoms with Gasteiger partial charge in [-0.25, -0.2) is 4.79 Å². The van der Waals surface area contributed by atoms with Crippen LogP contribution in [0, 0.1) is 5.41 Å². The second-order valence-corrected chi connectivity index (χ2v) is 4.72. The Bertz CT molecular complexity index is 312. The van der Waals surface area contributed by atoms with Gasteiger partial charge in [-0.2, -0.15) is 0 Å². The highest BCUT2D eigenvalue weighted by molar-refractivity contribution is 9.11. The van der Waals surface area contributed by atoms with E-state index in [9.17, 15) is 4.79 Å². The van der Waals surface area contributed by atoms with Crippen molar-refractivity contribution in [1.29, 1.82) is 5.41 Å². The molecule has 0 aliphatic heterocycles. The molecule has 0 aromatic carbocycles. The Morgan fingerprint density at radius 3 is 3.00 bits per heavy atom. The summed E-state index contributed by atoms with van der Waals surface area (Å²) in [5.41, 5.74) is 0. The molecule has 4 nitrogen and oxygen atoms in total. The minimum Gasteiger partial charge on any atom is -0.333 e. The van der Waals surface area contributed by atoms with Gasteiger partial charge in [-0.1, -0.05) is 0 Å². The molecule has 0 spiro atoms. The van der Waals surface area contributed by atoms with Crippen LogP contribution in [-0.4, -0.2) is 12.4 Å². The van der Waals surface area contributed by atoms with Crippen LogP contribution in [0.2, 0.25) is 0 Å². The highest BCUT2D eigenvalue weighted by atomic mass is 79.9. The highest BCUT2D eigenvalue weighted by Gasteiger charge is 1.99. The van der Waals surface area contributed by atoms with Crippen LogP contribution < -0.4 is 10.6 Å². The van der Waals surface area contributed by atoms with Gasteiger partial charge in [0.25, 0.3) is 0 Å². The first-order chi connectivity index (χ1) is 6.22. The van der Waals surface area contributed by atoms with Crippen molar-refractivity contribution in [3.05, 3.63) is 20.8 Å². The zero-order chi connectivity index (χ0) is 9.68. The minimum absolute atomic E-state index is 0.362. The summed E-state index contributed by atoms with van der Waals surface area (Å²) in [5, 5.41) is 11.4. The molecule has 1 aromatic heterocycles. The molecule has 1 rings (SSSR count). The third-order valence-electron chi connectivity index (χ3n) is 1.26. The predicted octanol–water partition coefficient (Wildman–Crippen LogP) is 1.92. The number of thiophene rings is 1. The molecule has 0 radical (unpaired) electrons. The minimum atomic E-state index is -0.362. The topological polar surface area (TPSA) is 65.0 Å². The van der Waals surface area contributed by atoms with Gasteiger partial charge in [0.2, 0.25) is 0 Å². The molecule has 0 saturated carbocycles. The molecule has 0 atom stereocenters. The monoisotopic (exact) mass is 261 g/mol. The molecule has 0 aliphatic rings. The normalized spacial score (nSPS) is 9.31. The van der Waals surface area contributed by atoms with Crippen molar-refractivity contribution in [3.8, 4) is 0 Å². The average Bonchev–Trinajstić information content (AvgIpc) is 2.49. The number of hydrogen-bond acceptors (Lipinski definition) is 3. The third-order valence-corrected chi connectivity index (χ3v) is 2.88. The molecule has 6 heteroatoms. The highest BCUT2D eigenvalue weighted by Crippen LogP contribution is 2.21. The molecule has 0 aliphatic carbocycles. The zero-order valence-electron chi connectivity index (χ0n) is 6.63. The molecule has 13 heavy (non-hydrogen) atoms. The summed E-state index contributed by atoms with van der Waals surface area (Å²) >= 11 is 4.89. The molecule has 1 heterocycles. The van der Waals surface area contributed by atoms with Gasteiger partial charge >= 0.3 is 6.03 Å². The van der Waals surface area contributed by atoms with E-state index in [1.54, 1.807) is 11.3 Å². The van der Waals surface area contributed by atoms with Gasteiger partial charge in [0, 0.05) is 4.88 Å². The van der Waals surface area contributed by atoms with Crippen LogP contribution in [0.15, 0.2) is 15.9 Å². The standard InChI is InChI=1S/C7H8BrN3OS/c8-6-2-1-5(13-6)3-10-7(12)11-4-9/h1-2,4H,3H2,(H3,9,10,11,12). The quantitative estimate of drug-likeness (QED) is 0.565. The molecule has 70 valence electrons. The van der Waals surface area contributed by atoms with Gasteiger partial charge in [-0.15, -0.1) is 11.3 Å². The summed E-state index contributed by atoms with van der Waals surface area (Å²) in [6.07, 6.45) is 0.847. The van der Waals surface area contributed by atoms with Crippen LogP contribution in [0.5, 0.6) is 0 Å².